The van der Waals surface area contributed by atoms with Crippen LogP contribution in [0.25, 0.3) is 0 Å². The molecule has 96 valence electrons. The molecule has 0 spiro atoms. The van der Waals surface area contributed by atoms with Crippen molar-refractivity contribution in [3.63, 3.8) is 0 Å². The van der Waals surface area contributed by atoms with Gasteiger partial charge >= 0.3 is 0 Å². The van der Waals surface area contributed by atoms with Crippen LogP contribution in [0.1, 0.15) is 44.6 Å². The first kappa shape index (κ1) is 14.3. The van der Waals surface area contributed by atoms with Crippen LogP contribution in [0.15, 0.2) is 16.7 Å². The Balaban J connectivity index is 2.75. The Morgan fingerprint density at radius 3 is 2.65 bits per heavy atom. The predicted octanol–water partition coefficient (Wildman–Crippen LogP) is 3.43. The van der Waals surface area contributed by atoms with Crippen molar-refractivity contribution in [2.24, 2.45) is 5.92 Å². The van der Waals surface area contributed by atoms with Gasteiger partial charge in [-0.25, -0.2) is 0 Å². The van der Waals surface area contributed by atoms with Gasteiger partial charge in [0.25, 0.3) is 5.91 Å². The molecule has 1 rings (SSSR count). The Morgan fingerprint density at radius 2 is 2.12 bits per heavy atom. The number of halogens is 1. The van der Waals surface area contributed by atoms with Crippen LogP contribution in [-0.4, -0.2) is 16.5 Å². The lowest BCUT2D eigenvalue weighted by atomic mass is 10.0. The van der Waals surface area contributed by atoms with Crippen molar-refractivity contribution in [2.45, 2.75) is 46.7 Å². The zero-order chi connectivity index (χ0) is 13.0. The SMILES string of the molecule is CCC(C)C(C)NC(=O)c1cc(Br)cn1CC. The maximum Gasteiger partial charge on any atom is 0.268 e. The largest absolute Gasteiger partial charge is 0.348 e. The van der Waals surface area contributed by atoms with Crippen molar-refractivity contribution >= 4 is 21.8 Å². The van der Waals surface area contributed by atoms with Crippen molar-refractivity contribution in [3.8, 4) is 0 Å². The number of rotatable bonds is 5. The van der Waals surface area contributed by atoms with Gasteiger partial charge in [-0.1, -0.05) is 20.3 Å². The lowest BCUT2D eigenvalue weighted by Crippen LogP contribution is -2.37. The fourth-order valence-corrected chi connectivity index (χ4v) is 2.17. The van der Waals surface area contributed by atoms with Gasteiger partial charge in [-0.3, -0.25) is 4.79 Å². The molecule has 1 aromatic heterocycles. The number of amides is 1. The van der Waals surface area contributed by atoms with Gasteiger partial charge in [-0.2, -0.15) is 0 Å². The molecular formula is C13H21BrN2O. The summed E-state index contributed by atoms with van der Waals surface area (Å²) < 4.78 is 2.89. The van der Waals surface area contributed by atoms with E-state index < -0.39 is 0 Å². The molecule has 17 heavy (non-hydrogen) atoms. The molecule has 1 aromatic rings. The first-order chi connectivity index (χ1) is 7.99. The Morgan fingerprint density at radius 1 is 1.47 bits per heavy atom. The van der Waals surface area contributed by atoms with Crippen LogP contribution < -0.4 is 5.32 Å². The van der Waals surface area contributed by atoms with Crippen LogP contribution in [0.4, 0.5) is 0 Å². The van der Waals surface area contributed by atoms with E-state index in [0.29, 0.717) is 5.92 Å². The topological polar surface area (TPSA) is 34.0 Å². The van der Waals surface area contributed by atoms with E-state index in [2.05, 4.69) is 42.0 Å². The second-order valence-corrected chi connectivity index (χ2v) is 5.39. The van der Waals surface area contributed by atoms with E-state index >= 15 is 0 Å². The van der Waals surface area contributed by atoms with Crippen LogP contribution in [0.2, 0.25) is 0 Å². The summed E-state index contributed by atoms with van der Waals surface area (Å²) >= 11 is 3.40. The number of hydrogen-bond donors (Lipinski definition) is 1. The summed E-state index contributed by atoms with van der Waals surface area (Å²) in [7, 11) is 0. The van der Waals surface area contributed by atoms with Gasteiger partial charge in [0.05, 0.1) is 0 Å². The summed E-state index contributed by atoms with van der Waals surface area (Å²) in [5.41, 5.74) is 0.717. The minimum Gasteiger partial charge on any atom is -0.348 e. The first-order valence-electron chi connectivity index (χ1n) is 6.16. The first-order valence-corrected chi connectivity index (χ1v) is 6.95. The lowest BCUT2D eigenvalue weighted by Gasteiger charge is -2.20. The molecule has 1 amide bonds. The van der Waals surface area contributed by atoms with Crippen LogP contribution in [0.5, 0.6) is 0 Å². The number of carbonyl (C=O) groups is 1. The summed E-state index contributed by atoms with van der Waals surface area (Å²) in [6, 6.07) is 2.06. The van der Waals surface area contributed by atoms with E-state index in [4.69, 9.17) is 0 Å². The smallest absolute Gasteiger partial charge is 0.268 e. The van der Waals surface area contributed by atoms with E-state index in [1.165, 1.54) is 0 Å². The molecule has 2 atom stereocenters. The fraction of sp³-hybridized carbons (Fsp3) is 0.615. The van der Waals surface area contributed by atoms with Crippen molar-refractivity contribution in [2.75, 3.05) is 0 Å². The Bertz CT molecular complexity index is 387. The Labute approximate surface area is 112 Å². The van der Waals surface area contributed by atoms with Gasteiger partial charge in [-0.05, 0) is 41.8 Å². The molecule has 0 aromatic carbocycles. The molecule has 2 unspecified atom stereocenters. The van der Waals surface area contributed by atoms with Crippen molar-refractivity contribution in [1.29, 1.82) is 0 Å². The van der Waals surface area contributed by atoms with Gasteiger partial charge < -0.3 is 9.88 Å². The summed E-state index contributed by atoms with van der Waals surface area (Å²) in [5, 5.41) is 3.05. The van der Waals surface area contributed by atoms with Crippen molar-refractivity contribution in [1.82, 2.24) is 9.88 Å². The van der Waals surface area contributed by atoms with Crippen LogP contribution in [-0.2, 0) is 6.54 Å². The average molecular weight is 301 g/mol. The lowest BCUT2D eigenvalue weighted by molar-refractivity contribution is 0.0919. The quantitative estimate of drug-likeness (QED) is 0.888. The maximum absolute atomic E-state index is 12.1. The number of aryl methyl sites for hydroxylation is 1. The monoisotopic (exact) mass is 300 g/mol. The standard InChI is InChI=1S/C13H21BrN2O/c1-5-9(3)10(4)15-13(17)12-7-11(14)8-16(12)6-2/h7-10H,5-6H2,1-4H3,(H,15,17). The third-order valence-electron chi connectivity index (χ3n) is 3.29. The molecule has 0 bridgehead atoms. The number of hydrogen-bond acceptors (Lipinski definition) is 1. The second kappa shape index (κ2) is 6.24. The molecule has 0 radical (unpaired) electrons. The third kappa shape index (κ3) is 3.60. The summed E-state index contributed by atoms with van der Waals surface area (Å²) in [5.74, 6) is 0.498. The highest BCUT2D eigenvalue weighted by atomic mass is 79.9. The van der Waals surface area contributed by atoms with Gasteiger partial charge in [0.2, 0.25) is 0 Å². The number of nitrogens with one attached hydrogen (secondary N) is 1. The fourth-order valence-electron chi connectivity index (χ4n) is 1.70. The van der Waals surface area contributed by atoms with Crippen LogP contribution in [0.3, 0.4) is 0 Å². The molecule has 3 nitrogen and oxygen atoms in total. The highest BCUT2D eigenvalue weighted by Crippen LogP contribution is 2.16. The maximum atomic E-state index is 12.1. The highest BCUT2D eigenvalue weighted by molar-refractivity contribution is 9.10. The van der Waals surface area contributed by atoms with Gasteiger partial charge in [0, 0.05) is 23.3 Å². The second-order valence-electron chi connectivity index (χ2n) is 4.48. The molecule has 1 heterocycles. The van der Waals surface area contributed by atoms with E-state index in [0.717, 1.165) is 23.1 Å². The molecule has 4 heteroatoms. The summed E-state index contributed by atoms with van der Waals surface area (Å²) in [6.45, 7) is 9.17. The minimum absolute atomic E-state index is 0.00495. The normalized spacial score (nSPS) is 14.4. The molecule has 0 saturated carbocycles. The molecule has 0 aliphatic heterocycles. The Hall–Kier alpha value is -0.770. The molecule has 1 N–H and O–H groups in total. The molecular weight excluding hydrogens is 280 g/mol. The van der Waals surface area contributed by atoms with E-state index in [-0.39, 0.29) is 11.9 Å². The third-order valence-corrected chi connectivity index (χ3v) is 3.73. The van der Waals surface area contributed by atoms with E-state index in [1.54, 1.807) is 0 Å². The minimum atomic E-state index is 0.00495. The summed E-state index contributed by atoms with van der Waals surface area (Å²) in [4.78, 5) is 12.1. The van der Waals surface area contributed by atoms with Crippen molar-refractivity contribution in [3.05, 3.63) is 22.4 Å². The zero-order valence-corrected chi connectivity index (χ0v) is 12.5. The average Bonchev–Trinajstić information content (AvgIpc) is 2.69. The molecule has 0 aliphatic carbocycles. The zero-order valence-electron chi connectivity index (χ0n) is 11.0. The number of nitrogens with zero attached hydrogens (tertiary/aromatic N) is 1. The number of carbonyl (C=O) groups excluding carboxylic acids is 1. The molecule has 0 fully saturated rings. The predicted molar refractivity (Wildman–Crippen MR) is 74.2 cm³/mol. The van der Waals surface area contributed by atoms with Crippen molar-refractivity contribution < 1.29 is 4.79 Å². The summed E-state index contributed by atoms with van der Waals surface area (Å²) in [6.07, 6.45) is 3.00. The van der Waals surface area contributed by atoms with E-state index in [1.807, 2.05) is 23.8 Å². The molecule has 0 saturated heterocycles. The van der Waals surface area contributed by atoms with Crippen LogP contribution >= 0.6 is 15.9 Å². The highest BCUT2D eigenvalue weighted by Gasteiger charge is 2.17. The van der Waals surface area contributed by atoms with Gasteiger partial charge in [-0.15, -0.1) is 0 Å². The number of aromatic nitrogens is 1. The Kier molecular flexibility index (Phi) is 5.25. The van der Waals surface area contributed by atoms with Gasteiger partial charge in [0.15, 0.2) is 0 Å². The van der Waals surface area contributed by atoms with Gasteiger partial charge in [0.1, 0.15) is 5.69 Å². The molecule has 0 aliphatic rings. The van der Waals surface area contributed by atoms with E-state index in [9.17, 15) is 4.79 Å². The van der Waals surface area contributed by atoms with Crippen LogP contribution in [0, 0.1) is 5.92 Å².